The number of hydrogen-bond acceptors (Lipinski definition) is 5. The van der Waals surface area contributed by atoms with Crippen LogP contribution in [0.1, 0.15) is 55.7 Å². The molecule has 7 nitrogen and oxygen atoms in total. The quantitative estimate of drug-likeness (QED) is 0.591. The van der Waals surface area contributed by atoms with Crippen LogP contribution in [0, 0.1) is 12.8 Å². The molecule has 34 heavy (non-hydrogen) atoms. The van der Waals surface area contributed by atoms with Gasteiger partial charge in [-0.1, -0.05) is 37.3 Å². The van der Waals surface area contributed by atoms with Gasteiger partial charge >= 0.3 is 0 Å². The molecular weight excluding hydrogens is 430 g/mol. The van der Waals surface area contributed by atoms with E-state index < -0.39 is 5.41 Å². The number of nitrogens with zero attached hydrogens (tertiary/aromatic N) is 3. The summed E-state index contributed by atoms with van der Waals surface area (Å²) >= 11 is 0. The number of carbonyl (C=O) groups excluding carboxylic acids is 4. The summed E-state index contributed by atoms with van der Waals surface area (Å²) in [4.78, 5) is 59.9. The topological polar surface area (TPSA) is 87.7 Å². The van der Waals surface area contributed by atoms with E-state index in [9.17, 15) is 19.2 Å². The Hall–Kier alpha value is -3.35. The summed E-state index contributed by atoms with van der Waals surface area (Å²) < 4.78 is 0. The van der Waals surface area contributed by atoms with Gasteiger partial charge in [0.1, 0.15) is 5.78 Å². The van der Waals surface area contributed by atoms with Gasteiger partial charge in [-0.05, 0) is 42.5 Å². The van der Waals surface area contributed by atoms with Crippen molar-refractivity contribution in [3.8, 4) is 0 Å². The molecule has 4 rings (SSSR count). The second-order valence-corrected chi connectivity index (χ2v) is 9.40. The lowest BCUT2D eigenvalue weighted by atomic mass is 9.73. The number of hydrogen-bond donors (Lipinski definition) is 0. The molecule has 0 bridgehead atoms. The molecule has 1 aromatic heterocycles. The zero-order valence-electron chi connectivity index (χ0n) is 19.8. The molecule has 1 aromatic carbocycles. The smallest absolute Gasteiger partial charge is 0.241 e. The first kappa shape index (κ1) is 23.8. The summed E-state index contributed by atoms with van der Waals surface area (Å²) in [5, 5.41) is 0. The van der Waals surface area contributed by atoms with Gasteiger partial charge in [0.2, 0.25) is 17.7 Å². The number of aryl methyl sites for hydroxylation is 1. The van der Waals surface area contributed by atoms with Crippen LogP contribution >= 0.6 is 0 Å². The Balaban J connectivity index is 1.65. The van der Waals surface area contributed by atoms with Gasteiger partial charge in [0, 0.05) is 50.7 Å². The molecule has 2 aromatic rings. The fourth-order valence-electron chi connectivity index (χ4n) is 5.31. The first-order valence-corrected chi connectivity index (χ1v) is 12.0. The van der Waals surface area contributed by atoms with Crippen LogP contribution in [0.4, 0.5) is 0 Å². The van der Waals surface area contributed by atoms with Gasteiger partial charge in [0.25, 0.3) is 0 Å². The maximum absolute atomic E-state index is 13.9. The summed E-state index contributed by atoms with van der Waals surface area (Å²) in [6.45, 7) is 4.83. The number of piperidine rings is 1. The van der Waals surface area contributed by atoms with Crippen molar-refractivity contribution in [2.75, 3.05) is 13.1 Å². The average Bonchev–Trinajstić information content (AvgIpc) is 3.09. The largest absolute Gasteiger partial charge is 0.342 e. The molecule has 178 valence electrons. The van der Waals surface area contributed by atoms with Crippen molar-refractivity contribution in [1.82, 2.24) is 14.8 Å². The number of rotatable bonds is 7. The van der Waals surface area contributed by atoms with Gasteiger partial charge in [-0.3, -0.25) is 29.1 Å². The van der Waals surface area contributed by atoms with Crippen molar-refractivity contribution in [2.45, 2.75) is 57.9 Å². The molecule has 0 aliphatic carbocycles. The number of amides is 3. The molecule has 2 saturated heterocycles. The van der Waals surface area contributed by atoms with Gasteiger partial charge in [-0.15, -0.1) is 0 Å². The van der Waals surface area contributed by atoms with E-state index in [1.807, 2.05) is 44.2 Å². The number of likely N-dealkylation sites (tertiary alicyclic amines) is 2. The van der Waals surface area contributed by atoms with E-state index in [4.69, 9.17) is 0 Å². The predicted molar refractivity (Wildman–Crippen MR) is 126 cm³/mol. The maximum atomic E-state index is 13.9. The van der Waals surface area contributed by atoms with Gasteiger partial charge in [0.15, 0.2) is 0 Å². The Labute approximate surface area is 200 Å². The molecule has 0 radical (unpaired) electrons. The first-order valence-electron chi connectivity index (χ1n) is 12.0. The minimum Gasteiger partial charge on any atom is -0.342 e. The molecule has 2 unspecified atom stereocenters. The van der Waals surface area contributed by atoms with Crippen LogP contribution in [-0.2, 0) is 31.1 Å². The minimum atomic E-state index is -1.25. The van der Waals surface area contributed by atoms with E-state index in [1.165, 1.54) is 4.90 Å². The second-order valence-electron chi connectivity index (χ2n) is 9.40. The highest BCUT2D eigenvalue weighted by Gasteiger charge is 2.54. The van der Waals surface area contributed by atoms with E-state index in [0.29, 0.717) is 25.1 Å². The number of imide groups is 1. The third-order valence-electron chi connectivity index (χ3n) is 7.16. The Kier molecular flexibility index (Phi) is 6.91. The fraction of sp³-hybridized carbons (Fsp3) is 0.444. The number of pyridine rings is 1. The van der Waals surface area contributed by atoms with Crippen molar-refractivity contribution >= 4 is 23.5 Å². The Morgan fingerprint density at radius 2 is 1.94 bits per heavy atom. The number of aromatic nitrogens is 1. The fourth-order valence-corrected chi connectivity index (χ4v) is 5.31. The van der Waals surface area contributed by atoms with Crippen molar-refractivity contribution in [3.05, 3.63) is 65.5 Å². The zero-order valence-corrected chi connectivity index (χ0v) is 19.8. The number of Topliss-reactive ketones (excluding diaryl/α,β-unsaturated/α-hetero) is 1. The van der Waals surface area contributed by atoms with Crippen molar-refractivity contribution in [3.63, 3.8) is 0 Å². The van der Waals surface area contributed by atoms with Crippen LogP contribution in [0.2, 0.25) is 0 Å². The molecule has 2 atom stereocenters. The highest BCUT2D eigenvalue weighted by atomic mass is 16.2. The van der Waals surface area contributed by atoms with Crippen molar-refractivity contribution in [1.29, 1.82) is 0 Å². The number of carbonyl (C=O) groups is 4. The second kappa shape index (κ2) is 9.87. The van der Waals surface area contributed by atoms with Crippen LogP contribution in [0.25, 0.3) is 0 Å². The lowest BCUT2D eigenvalue weighted by Gasteiger charge is -2.35. The van der Waals surface area contributed by atoms with Gasteiger partial charge in [0.05, 0.1) is 12.0 Å². The van der Waals surface area contributed by atoms with E-state index >= 15 is 0 Å². The normalized spacial score (nSPS) is 22.8. The zero-order chi connectivity index (χ0) is 24.3. The monoisotopic (exact) mass is 461 g/mol. The third kappa shape index (κ3) is 4.52. The highest BCUT2D eigenvalue weighted by Crippen LogP contribution is 2.42. The average molecular weight is 462 g/mol. The lowest BCUT2D eigenvalue weighted by molar-refractivity contribution is -0.144. The number of ketones is 1. The van der Waals surface area contributed by atoms with E-state index in [0.717, 1.165) is 24.0 Å². The first-order chi connectivity index (χ1) is 16.4. The van der Waals surface area contributed by atoms with Gasteiger partial charge < -0.3 is 4.90 Å². The van der Waals surface area contributed by atoms with E-state index in [-0.39, 0.29) is 48.8 Å². The summed E-state index contributed by atoms with van der Waals surface area (Å²) in [6.07, 6.45) is 5.15. The SMILES string of the molecule is CCC(=O)C1CCCN(C(=O)CC2(c3ccccc3C)CC(=O)N(Cc3cccnc3)C2=O)C1. The molecule has 7 heteroatoms. The number of benzene rings is 1. The Morgan fingerprint density at radius 1 is 1.15 bits per heavy atom. The molecule has 3 amide bonds. The van der Waals surface area contributed by atoms with E-state index in [2.05, 4.69) is 4.98 Å². The molecule has 0 spiro atoms. The summed E-state index contributed by atoms with van der Waals surface area (Å²) in [5.41, 5.74) is 1.10. The minimum absolute atomic E-state index is 0.0478. The predicted octanol–water partition coefficient (Wildman–Crippen LogP) is 3.19. The van der Waals surface area contributed by atoms with Crippen LogP contribution in [0.15, 0.2) is 48.8 Å². The summed E-state index contributed by atoms with van der Waals surface area (Å²) in [6, 6.07) is 11.1. The third-order valence-corrected chi connectivity index (χ3v) is 7.16. The van der Waals surface area contributed by atoms with Crippen molar-refractivity contribution in [2.24, 2.45) is 5.92 Å². The Morgan fingerprint density at radius 3 is 2.65 bits per heavy atom. The van der Waals surface area contributed by atoms with Crippen molar-refractivity contribution < 1.29 is 19.2 Å². The van der Waals surface area contributed by atoms with Crippen LogP contribution in [0.5, 0.6) is 0 Å². The summed E-state index contributed by atoms with van der Waals surface area (Å²) in [7, 11) is 0. The Bertz CT molecular complexity index is 1100. The molecule has 0 N–H and O–H groups in total. The molecular formula is C27H31N3O4. The van der Waals surface area contributed by atoms with Gasteiger partial charge in [-0.2, -0.15) is 0 Å². The standard InChI is InChI=1S/C27H31N3O4/c1-3-23(31)21-10-7-13-29(18-21)24(32)14-27(22-11-5-4-8-19(22)2)15-25(33)30(26(27)34)17-20-9-6-12-28-16-20/h4-6,8-9,11-12,16,21H,3,7,10,13-15,17-18H2,1-2H3. The van der Waals surface area contributed by atoms with Gasteiger partial charge in [-0.25, -0.2) is 0 Å². The molecule has 0 saturated carbocycles. The van der Waals surface area contributed by atoms with Crippen LogP contribution in [-0.4, -0.2) is 51.4 Å². The molecule has 2 aliphatic heterocycles. The van der Waals surface area contributed by atoms with Crippen LogP contribution < -0.4 is 0 Å². The lowest BCUT2D eigenvalue weighted by Crippen LogP contribution is -2.47. The molecule has 2 fully saturated rings. The summed E-state index contributed by atoms with van der Waals surface area (Å²) in [5.74, 6) is -0.799. The highest BCUT2D eigenvalue weighted by molar-refractivity contribution is 6.10. The maximum Gasteiger partial charge on any atom is 0.241 e. The van der Waals surface area contributed by atoms with E-state index in [1.54, 1.807) is 23.4 Å². The molecule has 3 heterocycles. The molecule has 2 aliphatic rings. The van der Waals surface area contributed by atoms with Crippen LogP contribution in [0.3, 0.4) is 0 Å².